The van der Waals surface area contributed by atoms with Gasteiger partial charge in [0, 0.05) is 19.7 Å². The zero-order valence-electron chi connectivity index (χ0n) is 12.8. The van der Waals surface area contributed by atoms with Crippen molar-refractivity contribution in [3.63, 3.8) is 0 Å². The molecule has 2 unspecified atom stereocenters. The van der Waals surface area contributed by atoms with E-state index in [2.05, 4.69) is 11.8 Å². The van der Waals surface area contributed by atoms with E-state index in [0.29, 0.717) is 13.2 Å². The van der Waals surface area contributed by atoms with Crippen molar-refractivity contribution in [3.8, 4) is 0 Å². The zero-order valence-corrected chi connectivity index (χ0v) is 12.8. The minimum atomic E-state index is -0.917. The van der Waals surface area contributed by atoms with E-state index < -0.39 is 11.4 Å². The Balaban J connectivity index is 3.00. The zero-order chi connectivity index (χ0) is 15.2. The molecular weight excluding hydrogens is 254 g/mol. The van der Waals surface area contributed by atoms with E-state index in [1.54, 1.807) is 14.0 Å². The summed E-state index contributed by atoms with van der Waals surface area (Å²) in [6.45, 7) is 7.73. The molecule has 0 aromatic heterocycles. The first-order valence-electron chi connectivity index (χ1n) is 6.97. The molecule has 1 aromatic rings. The van der Waals surface area contributed by atoms with Crippen LogP contribution in [0, 0.1) is 0 Å². The van der Waals surface area contributed by atoms with Crippen molar-refractivity contribution in [2.45, 2.75) is 32.2 Å². The number of carboxylic acid groups (broad SMARTS) is 1. The van der Waals surface area contributed by atoms with Gasteiger partial charge in [-0.2, -0.15) is 0 Å². The number of hydrogen-bond donors (Lipinski definition) is 1. The number of ether oxygens (including phenoxy) is 1. The molecule has 0 saturated heterocycles. The maximum Gasteiger partial charge on any atom is 0.315 e. The quantitative estimate of drug-likeness (QED) is 0.794. The maximum absolute atomic E-state index is 11.8. The predicted molar refractivity (Wildman–Crippen MR) is 80.0 cm³/mol. The van der Waals surface area contributed by atoms with Crippen molar-refractivity contribution < 1.29 is 14.6 Å². The summed E-state index contributed by atoms with van der Waals surface area (Å²) in [5, 5.41) is 9.68. The van der Waals surface area contributed by atoms with Crippen LogP contribution in [0.25, 0.3) is 0 Å². The minimum Gasteiger partial charge on any atom is -0.481 e. The fraction of sp³-hybridized carbons (Fsp3) is 0.562. The standard InChI is InChI=1S/C16H25NO3/c1-5-17(13(2)11-20-4)12-16(3,15(18)19)14-9-7-6-8-10-14/h6-10,13H,5,11-12H2,1-4H3,(H,18,19). The molecule has 0 amide bonds. The molecule has 0 spiro atoms. The molecule has 0 aliphatic rings. The summed E-state index contributed by atoms with van der Waals surface area (Å²) in [6, 6.07) is 9.60. The van der Waals surface area contributed by atoms with Gasteiger partial charge in [-0.1, -0.05) is 37.3 Å². The van der Waals surface area contributed by atoms with Crippen LogP contribution in [0.15, 0.2) is 30.3 Å². The van der Waals surface area contributed by atoms with Gasteiger partial charge in [0.2, 0.25) is 0 Å². The third kappa shape index (κ3) is 3.81. The Morgan fingerprint density at radius 2 is 2.00 bits per heavy atom. The second-order valence-electron chi connectivity index (χ2n) is 5.37. The molecule has 0 bridgehead atoms. The number of aliphatic carboxylic acids is 1. The summed E-state index contributed by atoms with van der Waals surface area (Å²) < 4.78 is 5.18. The number of likely N-dealkylation sites (N-methyl/N-ethyl adjacent to an activating group) is 1. The highest BCUT2D eigenvalue weighted by Gasteiger charge is 2.37. The Morgan fingerprint density at radius 3 is 2.45 bits per heavy atom. The van der Waals surface area contributed by atoms with E-state index in [4.69, 9.17) is 4.74 Å². The van der Waals surface area contributed by atoms with Gasteiger partial charge >= 0.3 is 5.97 Å². The summed E-state index contributed by atoms with van der Waals surface area (Å²) in [5.74, 6) is -0.799. The van der Waals surface area contributed by atoms with Gasteiger partial charge in [0.1, 0.15) is 5.41 Å². The van der Waals surface area contributed by atoms with Crippen molar-refractivity contribution >= 4 is 5.97 Å². The normalized spacial score (nSPS) is 15.8. The molecule has 0 radical (unpaired) electrons. The Bertz CT molecular complexity index is 421. The molecule has 0 aliphatic carbocycles. The summed E-state index contributed by atoms with van der Waals surface area (Å²) >= 11 is 0. The molecule has 4 nitrogen and oxygen atoms in total. The lowest BCUT2D eigenvalue weighted by atomic mass is 9.81. The van der Waals surface area contributed by atoms with Crippen molar-refractivity contribution in [2.24, 2.45) is 0 Å². The summed E-state index contributed by atoms with van der Waals surface area (Å²) in [5.41, 5.74) is -0.0882. The SMILES string of the molecule is CCN(CC(C)(C(=O)O)c1ccccc1)C(C)COC. The van der Waals surface area contributed by atoms with Crippen LogP contribution in [-0.2, 0) is 14.9 Å². The largest absolute Gasteiger partial charge is 0.481 e. The van der Waals surface area contributed by atoms with Crippen LogP contribution in [0.2, 0.25) is 0 Å². The highest BCUT2D eigenvalue weighted by atomic mass is 16.5. The van der Waals surface area contributed by atoms with Gasteiger partial charge in [-0.05, 0) is 26.0 Å². The number of rotatable bonds is 8. The number of carboxylic acids is 1. The molecular formula is C16H25NO3. The minimum absolute atomic E-state index is 0.187. The van der Waals surface area contributed by atoms with Crippen LogP contribution < -0.4 is 0 Å². The molecule has 20 heavy (non-hydrogen) atoms. The fourth-order valence-corrected chi connectivity index (χ4v) is 2.42. The predicted octanol–water partition coefficient (Wildman–Crippen LogP) is 2.39. The van der Waals surface area contributed by atoms with E-state index in [-0.39, 0.29) is 6.04 Å². The third-order valence-electron chi connectivity index (χ3n) is 3.84. The molecule has 2 atom stereocenters. The maximum atomic E-state index is 11.8. The molecule has 4 heteroatoms. The number of carbonyl (C=O) groups is 1. The Morgan fingerprint density at radius 1 is 1.40 bits per heavy atom. The Hall–Kier alpha value is -1.39. The van der Waals surface area contributed by atoms with Gasteiger partial charge < -0.3 is 9.84 Å². The average Bonchev–Trinajstić information content (AvgIpc) is 2.45. The highest BCUT2D eigenvalue weighted by molar-refractivity contribution is 5.81. The topological polar surface area (TPSA) is 49.8 Å². The summed E-state index contributed by atoms with van der Waals surface area (Å²) in [6.07, 6.45) is 0. The second-order valence-corrected chi connectivity index (χ2v) is 5.37. The second kappa shape index (κ2) is 7.41. The molecule has 0 saturated carbocycles. The summed E-state index contributed by atoms with van der Waals surface area (Å²) in [7, 11) is 1.66. The lowest BCUT2D eigenvalue weighted by Gasteiger charge is -2.35. The van der Waals surface area contributed by atoms with Crippen molar-refractivity contribution in [1.82, 2.24) is 4.90 Å². The first kappa shape index (κ1) is 16.7. The van der Waals surface area contributed by atoms with Crippen LogP contribution in [0.4, 0.5) is 0 Å². The van der Waals surface area contributed by atoms with Crippen LogP contribution in [-0.4, -0.2) is 48.8 Å². The monoisotopic (exact) mass is 279 g/mol. The molecule has 1 N–H and O–H groups in total. The van der Waals surface area contributed by atoms with Crippen molar-refractivity contribution in [3.05, 3.63) is 35.9 Å². The molecule has 0 fully saturated rings. The van der Waals surface area contributed by atoms with Gasteiger partial charge in [-0.25, -0.2) is 0 Å². The lowest BCUT2D eigenvalue weighted by Crippen LogP contribution is -2.48. The molecule has 1 aromatic carbocycles. The highest BCUT2D eigenvalue weighted by Crippen LogP contribution is 2.26. The van der Waals surface area contributed by atoms with Gasteiger partial charge in [-0.3, -0.25) is 9.69 Å². The van der Waals surface area contributed by atoms with E-state index in [1.807, 2.05) is 37.3 Å². The summed E-state index contributed by atoms with van der Waals surface area (Å²) in [4.78, 5) is 13.9. The van der Waals surface area contributed by atoms with Crippen LogP contribution in [0.3, 0.4) is 0 Å². The molecule has 1 rings (SSSR count). The molecule has 112 valence electrons. The smallest absolute Gasteiger partial charge is 0.315 e. The van der Waals surface area contributed by atoms with E-state index in [0.717, 1.165) is 12.1 Å². The Kier molecular flexibility index (Phi) is 6.17. The van der Waals surface area contributed by atoms with E-state index >= 15 is 0 Å². The van der Waals surface area contributed by atoms with E-state index in [9.17, 15) is 9.90 Å². The van der Waals surface area contributed by atoms with Gasteiger partial charge in [-0.15, -0.1) is 0 Å². The van der Waals surface area contributed by atoms with E-state index in [1.165, 1.54) is 0 Å². The van der Waals surface area contributed by atoms with Crippen molar-refractivity contribution in [2.75, 3.05) is 26.8 Å². The number of nitrogens with zero attached hydrogens (tertiary/aromatic N) is 1. The van der Waals surface area contributed by atoms with Gasteiger partial charge in [0.15, 0.2) is 0 Å². The number of benzene rings is 1. The van der Waals surface area contributed by atoms with Gasteiger partial charge in [0.05, 0.1) is 6.61 Å². The number of hydrogen-bond acceptors (Lipinski definition) is 3. The first-order chi connectivity index (χ1) is 9.45. The number of methoxy groups -OCH3 is 1. The first-order valence-corrected chi connectivity index (χ1v) is 6.97. The third-order valence-corrected chi connectivity index (χ3v) is 3.84. The fourth-order valence-electron chi connectivity index (χ4n) is 2.42. The van der Waals surface area contributed by atoms with Crippen LogP contribution in [0.1, 0.15) is 26.3 Å². The molecule has 0 aliphatic heterocycles. The Labute approximate surface area is 121 Å². The van der Waals surface area contributed by atoms with Crippen LogP contribution in [0.5, 0.6) is 0 Å². The van der Waals surface area contributed by atoms with Crippen LogP contribution >= 0.6 is 0 Å². The average molecular weight is 279 g/mol. The van der Waals surface area contributed by atoms with Gasteiger partial charge in [0.25, 0.3) is 0 Å². The van der Waals surface area contributed by atoms with Crippen molar-refractivity contribution in [1.29, 1.82) is 0 Å². The molecule has 0 heterocycles. The lowest BCUT2D eigenvalue weighted by molar-refractivity contribution is -0.144.